The fraction of sp³-hybridized carbons (Fsp3) is 0.368. The summed E-state index contributed by atoms with van der Waals surface area (Å²) in [5, 5.41) is 14.6. The number of carbonyl (C=O) groups is 1. The van der Waals surface area contributed by atoms with Gasteiger partial charge in [-0.15, -0.1) is 0 Å². The van der Waals surface area contributed by atoms with Crippen LogP contribution in [0.4, 0.5) is 11.4 Å². The fourth-order valence-corrected chi connectivity index (χ4v) is 3.16. The van der Waals surface area contributed by atoms with Crippen LogP contribution in [0.15, 0.2) is 42.6 Å². The molecule has 7 nitrogen and oxygen atoms in total. The number of anilines is 1. The monoisotopic (exact) mass is 354 g/mol. The highest BCUT2D eigenvalue weighted by Crippen LogP contribution is 2.29. The molecule has 1 amide bonds. The number of nitro groups is 1. The highest BCUT2D eigenvalue weighted by molar-refractivity contribution is 5.95. The zero-order valence-corrected chi connectivity index (χ0v) is 14.7. The van der Waals surface area contributed by atoms with Gasteiger partial charge in [-0.1, -0.05) is 6.07 Å². The number of pyridine rings is 1. The maximum atomic E-state index is 12.6. The van der Waals surface area contributed by atoms with Crippen LogP contribution in [0.1, 0.15) is 48.3 Å². The van der Waals surface area contributed by atoms with Crippen molar-refractivity contribution in [3.8, 4) is 0 Å². The predicted molar refractivity (Wildman–Crippen MR) is 99.1 cm³/mol. The first-order valence-electron chi connectivity index (χ1n) is 8.81. The first kappa shape index (κ1) is 17.8. The van der Waals surface area contributed by atoms with Gasteiger partial charge in [-0.25, -0.2) is 0 Å². The number of rotatable bonds is 5. The van der Waals surface area contributed by atoms with Gasteiger partial charge in [0.15, 0.2) is 0 Å². The molecule has 0 bridgehead atoms. The normalized spacial score (nSPS) is 15.3. The lowest BCUT2D eigenvalue weighted by molar-refractivity contribution is -0.384. The quantitative estimate of drug-likeness (QED) is 0.652. The van der Waals surface area contributed by atoms with Crippen molar-refractivity contribution in [2.75, 3.05) is 18.4 Å². The average molecular weight is 354 g/mol. The molecule has 1 aliphatic heterocycles. The van der Waals surface area contributed by atoms with E-state index >= 15 is 0 Å². The van der Waals surface area contributed by atoms with E-state index in [1.54, 1.807) is 23.2 Å². The minimum atomic E-state index is -0.458. The van der Waals surface area contributed by atoms with Crippen molar-refractivity contribution in [2.45, 2.75) is 32.2 Å². The van der Waals surface area contributed by atoms with Gasteiger partial charge in [0.05, 0.1) is 16.7 Å². The standard InChI is InChI=1S/C19H22N4O3/c1-14(16-7-3-4-10-20-16)21-17-9-8-15(13-18(17)23(25)26)19(24)22-11-5-2-6-12-22/h3-4,7-10,13-14,21H,2,5-6,11-12H2,1H3/t14-/m0/s1. The Morgan fingerprint density at radius 2 is 2.00 bits per heavy atom. The predicted octanol–water partition coefficient (Wildman–Crippen LogP) is 3.79. The summed E-state index contributed by atoms with van der Waals surface area (Å²) in [5.41, 5.74) is 1.42. The number of hydrogen-bond donors (Lipinski definition) is 1. The first-order chi connectivity index (χ1) is 12.6. The van der Waals surface area contributed by atoms with Crippen LogP contribution < -0.4 is 5.32 Å². The van der Waals surface area contributed by atoms with Crippen LogP contribution in [0.2, 0.25) is 0 Å². The maximum absolute atomic E-state index is 12.6. The van der Waals surface area contributed by atoms with Gasteiger partial charge in [0.2, 0.25) is 0 Å². The van der Waals surface area contributed by atoms with Crippen LogP contribution in [-0.2, 0) is 0 Å². The number of amides is 1. The molecular formula is C19H22N4O3. The fourth-order valence-electron chi connectivity index (χ4n) is 3.16. The number of nitro benzene ring substituents is 1. The van der Waals surface area contributed by atoms with Crippen molar-refractivity contribution in [2.24, 2.45) is 0 Å². The minimum Gasteiger partial charge on any atom is -0.371 e. The number of nitrogens with zero attached hydrogens (tertiary/aromatic N) is 3. The summed E-state index contributed by atoms with van der Waals surface area (Å²) >= 11 is 0. The highest BCUT2D eigenvalue weighted by Gasteiger charge is 2.23. The third-order valence-corrected chi connectivity index (χ3v) is 4.59. The largest absolute Gasteiger partial charge is 0.371 e. The molecule has 1 fully saturated rings. The number of benzene rings is 1. The summed E-state index contributed by atoms with van der Waals surface area (Å²) in [6.45, 7) is 3.31. The zero-order chi connectivity index (χ0) is 18.5. The molecule has 0 radical (unpaired) electrons. The maximum Gasteiger partial charge on any atom is 0.293 e. The Labute approximate surface area is 152 Å². The molecule has 26 heavy (non-hydrogen) atoms. The molecule has 0 saturated carbocycles. The van der Waals surface area contributed by atoms with E-state index in [0.29, 0.717) is 24.3 Å². The molecule has 7 heteroatoms. The van der Waals surface area contributed by atoms with Gasteiger partial charge in [-0.05, 0) is 50.5 Å². The molecule has 2 heterocycles. The summed E-state index contributed by atoms with van der Waals surface area (Å²) in [7, 11) is 0. The number of nitrogens with one attached hydrogen (secondary N) is 1. The molecule has 0 spiro atoms. The molecule has 3 rings (SSSR count). The van der Waals surface area contributed by atoms with Crippen molar-refractivity contribution < 1.29 is 9.72 Å². The van der Waals surface area contributed by atoms with Crippen molar-refractivity contribution in [3.63, 3.8) is 0 Å². The molecule has 1 atom stereocenters. The van der Waals surface area contributed by atoms with Gasteiger partial charge >= 0.3 is 0 Å². The van der Waals surface area contributed by atoms with Crippen LogP contribution in [0.3, 0.4) is 0 Å². The molecule has 1 aliphatic rings. The molecule has 1 N–H and O–H groups in total. The average Bonchev–Trinajstić information content (AvgIpc) is 2.69. The Bertz CT molecular complexity index is 789. The first-order valence-corrected chi connectivity index (χ1v) is 8.81. The van der Waals surface area contributed by atoms with Crippen LogP contribution in [-0.4, -0.2) is 33.8 Å². The second-order valence-electron chi connectivity index (χ2n) is 6.46. The molecule has 1 saturated heterocycles. The van der Waals surface area contributed by atoms with E-state index < -0.39 is 4.92 Å². The van der Waals surface area contributed by atoms with Gasteiger partial charge in [0, 0.05) is 30.9 Å². The molecule has 2 aromatic rings. The van der Waals surface area contributed by atoms with Crippen molar-refractivity contribution >= 4 is 17.3 Å². The van der Waals surface area contributed by atoms with Gasteiger partial charge < -0.3 is 10.2 Å². The van der Waals surface area contributed by atoms with E-state index in [4.69, 9.17) is 0 Å². The summed E-state index contributed by atoms with van der Waals surface area (Å²) in [4.78, 5) is 29.7. The van der Waals surface area contributed by atoms with Gasteiger partial charge in [-0.3, -0.25) is 19.9 Å². The van der Waals surface area contributed by atoms with Crippen molar-refractivity contribution in [3.05, 3.63) is 64.0 Å². The lowest BCUT2D eigenvalue weighted by Gasteiger charge is -2.26. The highest BCUT2D eigenvalue weighted by atomic mass is 16.6. The van der Waals surface area contributed by atoms with Crippen molar-refractivity contribution in [1.29, 1.82) is 0 Å². The Hall–Kier alpha value is -2.96. The number of piperidine rings is 1. The molecular weight excluding hydrogens is 332 g/mol. The third kappa shape index (κ3) is 3.99. The van der Waals surface area contributed by atoms with E-state index in [0.717, 1.165) is 25.0 Å². The van der Waals surface area contributed by atoms with Crippen LogP contribution in [0.25, 0.3) is 0 Å². The SMILES string of the molecule is C[C@H](Nc1ccc(C(=O)N2CCCCC2)cc1[N+](=O)[O-])c1ccccn1. The van der Waals surface area contributed by atoms with Crippen LogP contribution in [0.5, 0.6) is 0 Å². The molecule has 0 aliphatic carbocycles. The number of aromatic nitrogens is 1. The van der Waals surface area contributed by atoms with Gasteiger partial charge in [0.1, 0.15) is 5.69 Å². The van der Waals surface area contributed by atoms with E-state index in [2.05, 4.69) is 10.3 Å². The van der Waals surface area contributed by atoms with Gasteiger partial charge in [-0.2, -0.15) is 0 Å². The molecule has 136 valence electrons. The van der Waals surface area contributed by atoms with E-state index in [1.165, 1.54) is 6.07 Å². The van der Waals surface area contributed by atoms with E-state index in [9.17, 15) is 14.9 Å². The Morgan fingerprint density at radius 1 is 1.23 bits per heavy atom. The molecule has 1 aromatic heterocycles. The summed E-state index contributed by atoms with van der Waals surface area (Å²) < 4.78 is 0. The molecule has 0 unspecified atom stereocenters. The Morgan fingerprint density at radius 3 is 2.65 bits per heavy atom. The van der Waals surface area contributed by atoms with Crippen molar-refractivity contribution in [1.82, 2.24) is 9.88 Å². The number of carbonyl (C=O) groups excluding carboxylic acids is 1. The summed E-state index contributed by atoms with van der Waals surface area (Å²) in [6, 6.07) is 9.97. The van der Waals surface area contributed by atoms with E-state index in [1.807, 2.05) is 25.1 Å². The minimum absolute atomic E-state index is 0.101. The second-order valence-corrected chi connectivity index (χ2v) is 6.46. The number of likely N-dealkylation sites (tertiary alicyclic amines) is 1. The lowest BCUT2D eigenvalue weighted by Crippen LogP contribution is -2.35. The molecule has 1 aromatic carbocycles. The third-order valence-electron chi connectivity index (χ3n) is 4.59. The topological polar surface area (TPSA) is 88.4 Å². The Kier molecular flexibility index (Phi) is 5.46. The van der Waals surface area contributed by atoms with Crippen LogP contribution in [0, 0.1) is 10.1 Å². The summed E-state index contributed by atoms with van der Waals surface area (Å²) in [6.07, 6.45) is 4.77. The van der Waals surface area contributed by atoms with Gasteiger partial charge in [0.25, 0.3) is 11.6 Å². The van der Waals surface area contributed by atoms with Crippen LogP contribution >= 0.6 is 0 Å². The smallest absolute Gasteiger partial charge is 0.293 e. The summed E-state index contributed by atoms with van der Waals surface area (Å²) in [5.74, 6) is -0.142. The Balaban J connectivity index is 1.82. The zero-order valence-electron chi connectivity index (χ0n) is 14.7. The number of hydrogen-bond acceptors (Lipinski definition) is 5. The lowest BCUT2D eigenvalue weighted by atomic mass is 10.1. The second kappa shape index (κ2) is 7.95. The van der Waals surface area contributed by atoms with E-state index in [-0.39, 0.29) is 17.6 Å².